The summed E-state index contributed by atoms with van der Waals surface area (Å²) in [6, 6.07) is 8.29. The molecule has 2 unspecified atom stereocenters. The van der Waals surface area contributed by atoms with E-state index in [1.54, 1.807) is 0 Å². The van der Waals surface area contributed by atoms with Gasteiger partial charge in [0.15, 0.2) is 0 Å². The first-order valence-corrected chi connectivity index (χ1v) is 6.93. The average molecular weight is 262 g/mol. The van der Waals surface area contributed by atoms with E-state index < -0.39 is 0 Å². The van der Waals surface area contributed by atoms with Gasteiger partial charge in [0.1, 0.15) is 0 Å². The lowest BCUT2D eigenvalue weighted by atomic mass is 10.0. The van der Waals surface area contributed by atoms with Crippen molar-refractivity contribution in [1.82, 2.24) is 0 Å². The fourth-order valence-electron chi connectivity index (χ4n) is 2.42. The molecule has 1 aliphatic rings. The SMILES string of the molecule is CCC1CC(Nc2cccc(NC(C)=O)c2)CCO1. The fraction of sp³-hybridized carbons (Fsp3) is 0.533. The maximum absolute atomic E-state index is 11.0. The molecule has 0 saturated carbocycles. The van der Waals surface area contributed by atoms with Crippen molar-refractivity contribution >= 4 is 17.3 Å². The molecule has 2 atom stereocenters. The number of nitrogens with one attached hydrogen (secondary N) is 2. The van der Waals surface area contributed by atoms with Gasteiger partial charge in [0.2, 0.25) is 5.91 Å². The number of amides is 1. The Hall–Kier alpha value is -1.55. The largest absolute Gasteiger partial charge is 0.382 e. The molecule has 2 N–H and O–H groups in total. The number of hydrogen-bond acceptors (Lipinski definition) is 3. The van der Waals surface area contributed by atoms with Crippen LogP contribution in [0.2, 0.25) is 0 Å². The van der Waals surface area contributed by atoms with Crippen LogP contribution in [0.5, 0.6) is 0 Å². The monoisotopic (exact) mass is 262 g/mol. The summed E-state index contributed by atoms with van der Waals surface area (Å²) >= 11 is 0. The fourth-order valence-corrected chi connectivity index (χ4v) is 2.42. The van der Waals surface area contributed by atoms with E-state index in [-0.39, 0.29) is 5.91 Å². The van der Waals surface area contributed by atoms with Crippen molar-refractivity contribution in [2.45, 2.75) is 45.3 Å². The van der Waals surface area contributed by atoms with E-state index in [1.165, 1.54) is 6.92 Å². The standard InChI is InChI=1S/C15H22N2O2/c1-3-15-10-14(7-8-19-15)17-13-6-4-5-12(9-13)16-11(2)18/h4-6,9,14-15,17H,3,7-8,10H2,1-2H3,(H,16,18). The number of rotatable bonds is 4. The van der Waals surface area contributed by atoms with E-state index in [0.29, 0.717) is 12.1 Å². The first kappa shape index (κ1) is 13.9. The van der Waals surface area contributed by atoms with Gasteiger partial charge in [0.05, 0.1) is 6.10 Å². The van der Waals surface area contributed by atoms with E-state index in [1.807, 2.05) is 24.3 Å². The van der Waals surface area contributed by atoms with Gasteiger partial charge in [0, 0.05) is 30.9 Å². The van der Waals surface area contributed by atoms with Crippen LogP contribution in [0.1, 0.15) is 33.1 Å². The van der Waals surface area contributed by atoms with Crippen LogP contribution in [0.4, 0.5) is 11.4 Å². The second-order valence-corrected chi connectivity index (χ2v) is 5.03. The van der Waals surface area contributed by atoms with E-state index >= 15 is 0 Å². The molecule has 104 valence electrons. The van der Waals surface area contributed by atoms with Gasteiger partial charge in [0.25, 0.3) is 0 Å². The summed E-state index contributed by atoms with van der Waals surface area (Å²) in [5, 5.41) is 6.33. The molecule has 1 heterocycles. The number of carbonyl (C=O) groups is 1. The van der Waals surface area contributed by atoms with Gasteiger partial charge < -0.3 is 15.4 Å². The average Bonchev–Trinajstić information content (AvgIpc) is 2.38. The van der Waals surface area contributed by atoms with Gasteiger partial charge >= 0.3 is 0 Å². The molecule has 1 amide bonds. The Balaban J connectivity index is 1.96. The van der Waals surface area contributed by atoms with Crippen LogP contribution in [0.25, 0.3) is 0 Å². The summed E-state index contributed by atoms with van der Waals surface area (Å²) in [4.78, 5) is 11.0. The lowest BCUT2D eigenvalue weighted by Crippen LogP contribution is -2.33. The number of benzene rings is 1. The summed E-state index contributed by atoms with van der Waals surface area (Å²) in [7, 11) is 0. The number of hydrogen-bond donors (Lipinski definition) is 2. The predicted octanol–water partition coefficient (Wildman–Crippen LogP) is 3.01. The van der Waals surface area contributed by atoms with Crippen molar-refractivity contribution in [3.8, 4) is 0 Å². The Morgan fingerprint density at radius 2 is 2.21 bits per heavy atom. The van der Waals surface area contributed by atoms with Crippen molar-refractivity contribution in [3.63, 3.8) is 0 Å². The van der Waals surface area contributed by atoms with E-state index in [2.05, 4.69) is 17.6 Å². The number of carbonyl (C=O) groups excluding carboxylic acids is 1. The topological polar surface area (TPSA) is 50.4 Å². The highest BCUT2D eigenvalue weighted by Crippen LogP contribution is 2.22. The molecule has 4 nitrogen and oxygen atoms in total. The van der Waals surface area contributed by atoms with Crippen LogP contribution in [0.15, 0.2) is 24.3 Å². The zero-order valence-electron chi connectivity index (χ0n) is 11.6. The molecule has 4 heteroatoms. The van der Waals surface area contributed by atoms with Gasteiger partial charge in [-0.1, -0.05) is 13.0 Å². The molecule has 0 aliphatic carbocycles. The molecule has 0 aromatic heterocycles. The Morgan fingerprint density at radius 1 is 1.42 bits per heavy atom. The molecule has 0 bridgehead atoms. The molecule has 0 spiro atoms. The zero-order chi connectivity index (χ0) is 13.7. The highest BCUT2D eigenvalue weighted by atomic mass is 16.5. The quantitative estimate of drug-likeness (QED) is 0.877. The molecule has 0 radical (unpaired) electrons. The van der Waals surface area contributed by atoms with E-state index in [9.17, 15) is 4.79 Å². The molecule has 2 rings (SSSR count). The molecule has 1 aromatic carbocycles. The van der Waals surface area contributed by atoms with Crippen molar-refractivity contribution in [1.29, 1.82) is 0 Å². The molecule has 1 aromatic rings. The van der Waals surface area contributed by atoms with Crippen molar-refractivity contribution in [2.75, 3.05) is 17.2 Å². The van der Waals surface area contributed by atoms with Crippen LogP contribution in [0.3, 0.4) is 0 Å². The maximum atomic E-state index is 11.0. The molecule has 19 heavy (non-hydrogen) atoms. The van der Waals surface area contributed by atoms with Crippen LogP contribution in [0, 0.1) is 0 Å². The van der Waals surface area contributed by atoms with Crippen molar-refractivity contribution in [3.05, 3.63) is 24.3 Å². The second kappa shape index (κ2) is 6.57. The Kier molecular flexibility index (Phi) is 4.80. The third kappa shape index (κ3) is 4.24. The molecule has 1 fully saturated rings. The Morgan fingerprint density at radius 3 is 2.95 bits per heavy atom. The van der Waals surface area contributed by atoms with Gasteiger partial charge in [-0.05, 0) is 37.5 Å². The Labute approximate surface area is 114 Å². The molecular weight excluding hydrogens is 240 g/mol. The summed E-state index contributed by atoms with van der Waals surface area (Å²) in [6.07, 6.45) is 3.50. The van der Waals surface area contributed by atoms with Crippen molar-refractivity contribution < 1.29 is 9.53 Å². The first-order chi connectivity index (χ1) is 9.17. The second-order valence-electron chi connectivity index (χ2n) is 5.03. The highest BCUT2D eigenvalue weighted by molar-refractivity contribution is 5.89. The van der Waals surface area contributed by atoms with Gasteiger partial charge in [-0.2, -0.15) is 0 Å². The molecular formula is C15H22N2O2. The van der Waals surface area contributed by atoms with Gasteiger partial charge in [-0.15, -0.1) is 0 Å². The summed E-state index contributed by atoms with van der Waals surface area (Å²) in [6.45, 7) is 4.50. The molecule has 1 aliphatic heterocycles. The van der Waals surface area contributed by atoms with Gasteiger partial charge in [-0.25, -0.2) is 0 Å². The van der Waals surface area contributed by atoms with Crippen LogP contribution in [-0.2, 0) is 9.53 Å². The number of ether oxygens (including phenoxy) is 1. The minimum Gasteiger partial charge on any atom is -0.382 e. The minimum absolute atomic E-state index is 0.0470. The van der Waals surface area contributed by atoms with Gasteiger partial charge in [-0.3, -0.25) is 4.79 Å². The Bertz CT molecular complexity index is 434. The highest BCUT2D eigenvalue weighted by Gasteiger charge is 2.20. The first-order valence-electron chi connectivity index (χ1n) is 6.93. The molecule has 1 saturated heterocycles. The van der Waals surface area contributed by atoms with Crippen LogP contribution >= 0.6 is 0 Å². The summed E-state index contributed by atoms with van der Waals surface area (Å²) in [5.74, 6) is -0.0470. The van der Waals surface area contributed by atoms with Crippen LogP contribution < -0.4 is 10.6 Å². The third-order valence-electron chi connectivity index (χ3n) is 3.38. The number of anilines is 2. The maximum Gasteiger partial charge on any atom is 0.221 e. The predicted molar refractivity (Wildman–Crippen MR) is 77.4 cm³/mol. The lowest BCUT2D eigenvalue weighted by molar-refractivity contribution is -0.114. The van der Waals surface area contributed by atoms with Crippen molar-refractivity contribution in [2.24, 2.45) is 0 Å². The zero-order valence-corrected chi connectivity index (χ0v) is 11.6. The smallest absolute Gasteiger partial charge is 0.221 e. The normalized spacial score (nSPS) is 22.8. The summed E-state index contributed by atoms with van der Waals surface area (Å²) in [5.41, 5.74) is 1.88. The third-order valence-corrected chi connectivity index (χ3v) is 3.38. The summed E-state index contributed by atoms with van der Waals surface area (Å²) < 4.78 is 5.67. The minimum atomic E-state index is -0.0470. The lowest BCUT2D eigenvalue weighted by Gasteiger charge is -2.30. The van der Waals surface area contributed by atoms with E-state index in [0.717, 1.165) is 37.2 Å². The van der Waals surface area contributed by atoms with Crippen LogP contribution in [-0.4, -0.2) is 24.7 Å². The van der Waals surface area contributed by atoms with E-state index in [4.69, 9.17) is 4.74 Å².